The smallest absolute Gasteiger partial charge is 0.330 e. The quantitative estimate of drug-likeness (QED) is 0.0764. The molecule has 2 saturated heterocycles. The van der Waals surface area contributed by atoms with Gasteiger partial charge in [-0.25, -0.2) is 4.79 Å². The monoisotopic (exact) mass is 644 g/mol. The molecular formula is C34H60O11. The van der Waals surface area contributed by atoms with E-state index in [0.717, 1.165) is 42.9 Å². The molecule has 0 radical (unpaired) electrons. The van der Waals surface area contributed by atoms with Crippen molar-refractivity contribution in [3.05, 3.63) is 23.8 Å². The Bertz CT molecular complexity index is 905. The largest absolute Gasteiger partial charge is 0.460 e. The van der Waals surface area contributed by atoms with Crippen LogP contribution in [-0.4, -0.2) is 110 Å². The van der Waals surface area contributed by atoms with Gasteiger partial charge in [-0.05, 0) is 49.7 Å². The molecule has 11 heteroatoms. The van der Waals surface area contributed by atoms with Crippen LogP contribution in [0.2, 0.25) is 0 Å². The molecule has 0 aromatic carbocycles. The number of hydrogen-bond acceptors (Lipinski definition) is 11. The predicted octanol–water partition coefficient (Wildman–Crippen LogP) is 4.06. The van der Waals surface area contributed by atoms with E-state index >= 15 is 0 Å². The third-order valence-electron chi connectivity index (χ3n) is 9.52. The second-order valence-corrected chi connectivity index (χ2v) is 12.3. The lowest BCUT2D eigenvalue weighted by Crippen LogP contribution is -2.61. The van der Waals surface area contributed by atoms with E-state index in [1.165, 1.54) is 0 Å². The van der Waals surface area contributed by atoms with E-state index in [2.05, 4.69) is 34.3 Å². The molecule has 0 aliphatic carbocycles. The molecule has 0 aromatic rings. The first-order chi connectivity index (χ1) is 21.5. The van der Waals surface area contributed by atoms with E-state index in [9.17, 15) is 20.1 Å². The highest BCUT2D eigenvalue weighted by Crippen LogP contribution is 2.44. The Morgan fingerprint density at radius 2 is 1.71 bits per heavy atom. The van der Waals surface area contributed by atoms with Gasteiger partial charge in [0.2, 0.25) is 0 Å². The van der Waals surface area contributed by atoms with E-state index in [-0.39, 0.29) is 63.6 Å². The van der Waals surface area contributed by atoms with Gasteiger partial charge in [-0.3, -0.25) is 0 Å². The zero-order valence-electron chi connectivity index (χ0n) is 28.6. The minimum atomic E-state index is -1.27. The normalized spacial score (nSPS) is 30.0. The van der Waals surface area contributed by atoms with Crippen LogP contribution in [0.3, 0.4) is 0 Å². The van der Waals surface area contributed by atoms with Crippen molar-refractivity contribution in [2.24, 2.45) is 11.3 Å². The van der Waals surface area contributed by atoms with Crippen LogP contribution in [-0.2, 0) is 38.0 Å². The van der Waals surface area contributed by atoms with Gasteiger partial charge in [-0.15, -0.1) is 0 Å². The lowest BCUT2D eigenvalue weighted by molar-refractivity contribution is -0.313. The van der Waals surface area contributed by atoms with Crippen molar-refractivity contribution in [2.75, 3.05) is 39.6 Å². The summed E-state index contributed by atoms with van der Waals surface area (Å²) in [5.41, 5.74) is 1.66. The first kappa shape index (κ1) is 39.8. The third kappa shape index (κ3) is 11.4. The number of carbonyl (C=O) groups excluding carboxylic acids is 1. The highest BCUT2D eigenvalue weighted by Gasteiger charge is 2.52. The lowest BCUT2D eigenvalue weighted by Gasteiger charge is -2.50. The summed E-state index contributed by atoms with van der Waals surface area (Å²) in [7, 11) is 0. The van der Waals surface area contributed by atoms with Gasteiger partial charge in [-0.1, -0.05) is 54.0 Å². The molecule has 2 heterocycles. The first-order valence-corrected chi connectivity index (χ1v) is 16.7. The molecule has 0 amide bonds. The number of aliphatic hydroxyl groups excluding tert-OH is 3. The summed E-state index contributed by atoms with van der Waals surface area (Å²) in [5.74, 6) is -0.944. The minimum Gasteiger partial charge on any atom is -0.460 e. The highest BCUT2D eigenvalue weighted by molar-refractivity contribution is 5.81. The zero-order chi connectivity index (χ0) is 33.6. The fourth-order valence-corrected chi connectivity index (χ4v) is 6.17. The van der Waals surface area contributed by atoms with Crippen molar-refractivity contribution in [2.45, 2.75) is 136 Å². The fourth-order valence-electron chi connectivity index (χ4n) is 6.17. The molecule has 2 aliphatic heterocycles. The summed E-state index contributed by atoms with van der Waals surface area (Å²) < 4.78 is 41.8. The van der Waals surface area contributed by atoms with E-state index in [1.807, 2.05) is 20.8 Å². The summed E-state index contributed by atoms with van der Waals surface area (Å²) in [6, 6.07) is 0. The first-order valence-electron chi connectivity index (χ1n) is 16.7. The van der Waals surface area contributed by atoms with Gasteiger partial charge in [0.1, 0.15) is 18.8 Å². The summed E-state index contributed by atoms with van der Waals surface area (Å²) in [6.07, 6.45) is 0.342. The Morgan fingerprint density at radius 1 is 1.02 bits per heavy atom. The molecule has 2 rings (SSSR count). The maximum Gasteiger partial charge on any atom is 0.330 e. The second kappa shape index (κ2) is 20.1. The predicted molar refractivity (Wildman–Crippen MR) is 169 cm³/mol. The van der Waals surface area contributed by atoms with Gasteiger partial charge < -0.3 is 48.5 Å². The molecule has 45 heavy (non-hydrogen) atoms. The van der Waals surface area contributed by atoms with Gasteiger partial charge in [0.15, 0.2) is 12.6 Å². The van der Waals surface area contributed by atoms with Crippen molar-refractivity contribution < 1.29 is 53.3 Å². The van der Waals surface area contributed by atoms with E-state index in [0.29, 0.717) is 12.8 Å². The topological polar surface area (TPSA) is 142 Å². The molecular weight excluding hydrogens is 584 g/mol. The Labute approximate surface area is 270 Å². The molecule has 9 atom stereocenters. The molecule has 0 aromatic heterocycles. The summed E-state index contributed by atoms with van der Waals surface area (Å²) in [5, 5.41) is 32.1. The van der Waals surface area contributed by atoms with E-state index < -0.39 is 42.6 Å². The van der Waals surface area contributed by atoms with Crippen LogP contribution in [0, 0.1) is 11.3 Å². The summed E-state index contributed by atoms with van der Waals surface area (Å²) in [6.45, 7) is 18.4. The maximum atomic E-state index is 11.5. The van der Waals surface area contributed by atoms with Crippen molar-refractivity contribution >= 4 is 5.97 Å². The van der Waals surface area contributed by atoms with Crippen LogP contribution in [0.4, 0.5) is 0 Å². The molecule has 3 N–H and O–H groups in total. The van der Waals surface area contributed by atoms with Gasteiger partial charge in [0.05, 0.1) is 57.5 Å². The number of ether oxygens (including phenoxy) is 7. The van der Waals surface area contributed by atoms with Gasteiger partial charge in [-0.2, -0.15) is 0 Å². The van der Waals surface area contributed by atoms with E-state index in [4.69, 9.17) is 33.2 Å². The molecule has 0 bridgehead atoms. The van der Waals surface area contributed by atoms with Crippen LogP contribution in [0.15, 0.2) is 23.8 Å². The van der Waals surface area contributed by atoms with Gasteiger partial charge in [0.25, 0.3) is 0 Å². The molecule has 262 valence electrons. The third-order valence-corrected chi connectivity index (χ3v) is 9.52. The SMILES string of the molecule is C=CC(=O)OCCOCC1OC(OC(CC)/C(C)=C2\CCC(OC(C)CC)OC2COCCO)C(O)C(O)C1C(C)(CC)CC. The summed E-state index contributed by atoms with van der Waals surface area (Å²) in [4.78, 5) is 11.4. The second-order valence-electron chi connectivity index (χ2n) is 12.3. The number of esters is 1. The van der Waals surface area contributed by atoms with Crippen molar-refractivity contribution in [1.29, 1.82) is 0 Å². The molecule has 2 fully saturated rings. The molecule has 0 saturated carbocycles. The lowest BCUT2D eigenvalue weighted by atomic mass is 9.66. The van der Waals surface area contributed by atoms with Gasteiger partial charge >= 0.3 is 5.97 Å². The molecule has 11 nitrogen and oxygen atoms in total. The average molecular weight is 645 g/mol. The molecule has 2 aliphatic rings. The minimum absolute atomic E-state index is 0.0609. The molecule has 0 spiro atoms. The molecule has 9 unspecified atom stereocenters. The Balaban J connectivity index is 2.26. The number of rotatable bonds is 20. The Kier molecular flexibility index (Phi) is 17.7. The van der Waals surface area contributed by atoms with Crippen LogP contribution >= 0.6 is 0 Å². The standard InChI is InChI=1S/C34H60O11/c1-9-22(6)42-29-15-14-24(26(43-29)20-39-17-16-35)23(7)25(10-2)44-33-32(38)31(37)30(34(8,12-4)13-5)27(45-33)21-40-18-19-41-28(36)11-3/h11,22,25-27,29-33,35,37-38H,3,9-10,12-21H2,1-2,4-8H3/b24-23+. The average Bonchev–Trinajstić information content (AvgIpc) is 3.04. The number of hydrogen-bond donors (Lipinski definition) is 3. The van der Waals surface area contributed by atoms with Gasteiger partial charge in [0, 0.05) is 18.4 Å². The van der Waals surface area contributed by atoms with Crippen molar-refractivity contribution in [1.82, 2.24) is 0 Å². The van der Waals surface area contributed by atoms with Crippen LogP contribution in [0.1, 0.15) is 87.0 Å². The van der Waals surface area contributed by atoms with E-state index in [1.54, 1.807) is 0 Å². The number of carbonyl (C=O) groups is 1. The van der Waals surface area contributed by atoms with Crippen LogP contribution < -0.4 is 0 Å². The van der Waals surface area contributed by atoms with Crippen LogP contribution in [0.5, 0.6) is 0 Å². The number of aliphatic hydroxyl groups is 3. The zero-order valence-corrected chi connectivity index (χ0v) is 28.6. The maximum absolute atomic E-state index is 11.5. The summed E-state index contributed by atoms with van der Waals surface area (Å²) >= 11 is 0. The highest BCUT2D eigenvalue weighted by atomic mass is 16.7. The van der Waals surface area contributed by atoms with Crippen molar-refractivity contribution in [3.8, 4) is 0 Å². The Morgan fingerprint density at radius 3 is 2.31 bits per heavy atom. The fraction of sp³-hybridized carbons (Fsp3) is 0.853. The van der Waals surface area contributed by atoms with Crippen LogP contribution in [0.25, 0.3) is 0 Å². The Hall–Kier alpha value is -1.41. The van der Waals surface area contributed by atoms with Crippen molar-refractivity contribution in [3.63, 3.8) is 0 Å².